The molecule has 25 heavy (non-hydrogen) atoms. The molecule has 0 fully saturated rings. The molecule has 1 atom stereocenters. The Morgan fingerprint density at radius 3 is 2.64 bits per heavy atom. The molecule has 0 aromatic heterocycles. The van der Waals surface area contributed by atoms with Crippen LogP contribution in [0.15, 0.2) is 61.2 Å². The molecule has 132 valence electrons. The van der Waals surface area contributed by atoms with Crippen molar-refractivity contribution in [3.63, 3.8) is 0 Å². The van der Waals surface area contributed by atoms with E-state index in [9.17, 15) is 0 Å². The Balaban J connectivity index is 2.07. The topological polar surface area (TPSA) is 33.3 Å². The number of hydrogen-bond donors (Lipinski definition) is 2. The summed E-state index contributed by atoms with van der Waals surface area (Å²) in [5.74, 6) is 1.19. The van der Waals surface area contributed by atoms with Gasteiger partial charge in [0.15, 0.2) is 5.11 Å². The zero-order chi connectivity index (χ0) is 18.2. The summed E-state index contributed by atoms with van der Waals surface area (Å²) in [5.41, 5.74) is 3.42. The lowest BCUT2D eigenvalue weighted by molar-refractivity contribution is 0.363. The fraction of sp³-hybridized carbons (Fsp3) is 0.286. The van der Waals surface area contributed by atoms with Crippen LogP contribution in [0.3, 0.4) is 0 Å². The average molecular weight is 355 g/mol. The van der Waals surface area contributed by atoms with E-state index in [4.69, 9.17) is 17.0 Å². The minimum Gasteiger partial charge on any atom is -0.489 e. The second-order valence-corrected chi connectivity index (χ2v) is 6.71. The van der Waals surface area contributed by atoms with E-state index in [-0.39, 0.29) is 6.04 Å². The summed E-state index contributed by atoms with van der Waals surface area (Å²) in [7, 11) is 0. The number of ether oxygens (including phenoxy) is 1. The molecule has 0 radical (unpaired) electrons. The fourth-order valence-electron chi connectivity index (χ4n) is 2.67. The van der Waals surface area contributed by atoms with Crippen molar-refractivity contribution in [1.29, 1.82) is 0 Å². The molecule has 0 heterocycles. The van der Waals surface area contributed by atoms with Gasteiger partial charge >= 0.3 is 0 Å². The molecule has 0 amide bonds. The van der Waals surface area contributed by atoms with Gasteiger partial charge in [0.1, 0.15) is 12.4 Å². The van der Waals surface area contributed by atoms with Gasteiger partial charge in [-0.25, -0.2) is 0 Å². The van der Waals surface area contributed by atoms with Gasteiger partial charge in [0, 0.05) is 11.8 Å². The summed E-state index contributed by atoms with van der Waals surface area (Å²) in [6.07, 6.45) is 1.72. The first-order valence-electron chi connectivity index (χ1n) is 8.48. The molecule has 4 heteroatoms. The maximum Gasteiger partial charge on any atom is 0.171 e. The number of aryl methyl sites for hydroxylation is 1. The number of thiocarbonyl (C=S) groups is 1. The van der Waals surface area contributed by atoms with E-state index < -0.39 is 0 Å². The molecule has 2 aromatic carbocycles. The average Bonchev–Trinajstić information content (AvgIpc) is 2.59. The monoisotopic (exact) mass is 354 g/mol. The van der Waals surface area contributed by atoms with Gasteiger partial charge in [0.05, 0.1) is 6.04 Å². The van der Waals surface area contributed by atoms with Crippen molar-refractivity contribution >= 4 is 23.0 Å². The van der Waals surface area contributed by atoms with E-state index >= 15 is 0 Å². The molecular weight excluding hydrogens is 328 g/mol. The highest BCUT2D eigenvalue weighted by molar-refractivity contribution is 7.80. The fourth-order valence-corrected chi connectivity index (χ4v) is 2.91. The van der Waals surface area contributed by atoms with Gasteiger partial charge in [-0.3, -0.25) is 0 Å². The Morgan fingerprint density at radius 1 is 1.20 bits per heavy atom. The lowest BCUT2D eigenvalue weighted by Gasteiger charge is -2.26. The van der Waals surface area contributed by atoms with E-state index in [1.165, 1.54) is 11.1 Å². The van der Waals surface area contributed by atoms with Gasteiger partial charge in [-0.15, -0.1) is 0 Å². The molecule has 0 aliphatic carbocycles. The van der Waals surface area contributed by atoms with Crippen LogP contribution < -0.4 is 15.4 Å². The highest BCUT2D eigenvalue weighted by Gasteiger charge is 2.18. The summed E-state index contributed by atoms with van der Waals surface area (Å²) in [6.45, 7) is 10.7. The van der Waals surface area contributed by atoms with Gasteiger partial charge in [-0.1, -0.05) is 56.8 Å². The van der Waals surface area contributed by atoms with Gasteiger partial charge in [0.25, 0.3) is 0 Å². The first kappa shape index (κ1) is 19.0. The maximum atomic E-state index is 5.56. The van der Waals surface area contributed by atoms with Crippen LogP contribution in [0.25, 0.3) is 0 Å². The lowest BCUT2D eigenvalue weighted by Crippen LogP contribution is -2.35. The van der Waals surface area contributed by atoms with Crippen LogP contribution in [-0.2, 0) is 0 Å². The summed E-state index contributed by atoms with van der Waals surface area (Å²) in [5, 5.41) is 7.30. The van der Waals surface area contributed by atoms with E-state index in [0.29, 0.717) is 17.6 Å². The smallest absolute Gasteiger partial charge is 0.171 e. The summed E-state index contributed by atoms with van der Waals surface area (Å²) in [6, 6.07) is 16.3. The Bertz CT molecular complexity index is 727. The molecule has 0 spiro atoms. The summed E-state index contributed by atoms with van der Waals surface area (Å²) < 4.78 is 5.56. The second kappa shape index (κ2) is 9.23. The van der Waals surface area contributed by atoms with Crippen molar-refractivity contribution in [3.05, 3.63) is 72.3 Å². The first-order valence-corrected chi connectivity index (χ1v) is 8.89. The quantitative estimate of drug-likeness (QED) is 0.526. The number of hydrogen-bond acceptors (Lipinski definition) is 2. The molecule has 3 nitrogen and oxygen atoms in total. The van der Waals surface area contributed by atoms with Crippen molar-refractivity contribution in [2.75, 3.05) is 11.9 Å². The zero-order valence-electron chi connectivity index (χ0n) is 15.1. The predicted molar refractivity (Wildman–Crippen MR) is 110 cm³/mol. The normalized spacial score (nSPS) is 11.7. The van der Waals surface area contributed by atoms with Crippen molar-refractivity contribution in [3.8, 4) is 5.75 Å². The standard InChI is InChI=1S/C21H26N2OS/c1-5-13-24-18-11-8-10-17(14-18)22-21(25)23-20(15(2)3)19-12-7-6-9-16(19)4/h5-12,14-15,20H,1,13H2,2-4H3,(H2,22,23,25). The summed E-state index contributed by atoms with van der Waals surface area (Å²) >= 11 is 5.53. The Kier molecular flexibility index (Phi) is 7.02. The van der Waals surface area contributed by atoms with Crippen LogP contribution in [-0.4, -0.2) is 11.7 Å². The van der Waals surface area contributed by atoms with Gasteiger partial charge < -0.3 is 15.4 Å². The molecule has 2 rings (SSSR count). The molecule has 1 unspecified atom stereocenters. The third-order valence-corrected chi connectivity index (χ3v) is 4.16. The summed E-state index contributed by atoms with van der Waals surface area (Å²) in [4.78, 5) is 0. The van der Waals surface area contributed by atoms with Crippen LogP contribution >= 0.6 is 12.2 Å². The largest absolute Gasteiger partial charge is 0.489 e. The number of anilines is 1. The van der Waals surface area contributed by atoms with Crippen molar-refractivity contribution in [1.82, 2.24) is 5.32 Å². The maximum absolute atomic E-state index is 5.56. The van der Waals surface area contributed by atoms with E-state index in [1.807, 2.05) is 24.3 Å². The van der Waals surface area contributed by atoms with Crippen LogP contribution in [0.5, 0.6) is 5.75 Å². The van der Waals surface area contributed by atoms with Crippen molar-refractivity contribution < 1.29 is 4.74 Å². The molecule has 0 bridgehead atoms. The molecule has 0 aliphatic rings. The van der Waals surface area contributed by atoms with Crippen LogP contribution in [0, 0.1) is 12.8 Å². The van der Waals surface area contributed by atoms with Gasteiger partial charge in [-0.2, -0.15) is 0 Å². The predicted octanol–water partition coefficient (Wildman–Crippen LogP) is 5.24. The number of rotatable bonds is 7. The second-order valence-electron chi connectivity index (χ2n) is 6.30. The van der Waals surface area contributed by atoms with Crippen LogP contribution in [0.2, 0.25) is 0 Å². The molecule has 0 saturated carbocycles. The molecule has 2 aromatic rings. The molecule has 0 saturated heterocycles. The minimum atomic E-state index is 0.154. The van der Waals surface area contributed by atoms with E-state index in [1.54, 1.807) is 6.08 Å². The third-order valence-electron chi connectivity index (χ3n) is 3.94. The van der Waals surface area contributed by atoms with Crippen molar-refractivity contribution in [2.45, 2.75) is 26.8 Å². The molecule has 0 aliphatic heterocycles. The third kappa shape index (κ3) is 5.61. The Labute approximate surface area is 156 Å². The van der Waals surface area contributed by atoms with Gasteiger partial charge in [-0.05, 0) is 48.3 Å². The minimum absolute atomic E-state index is 0.154. The Hall–Kier alpha value is -2.33. The zero-order valence-corrected chi connectivity index (χ0v) is 15.9. The highest BCUT2D eigenvalue weighted by atomic mass is 32.1. The van der Waals surface area contributed by atoms with Crippen LogP contribution in [0.1, 0.15) is 31.0 Å². The van der Waals surface area contributed by atoms with E-state index in [0.717, 1.165) is 11.4 Å². The highest BCUT2D eigenvalue weighted by Crippen LogP contribution is 2.25. The lowest BCUT2D eigenvalue weighted by atomic mass is 9.93. The molecule has 2 N–H and O–H groups in total. The van der Waals surface area contributed by atoms with Crippen molar-refractivity contribution in [2.24, 2.45) is 5.92 Å². The molecular formula is C21H26N2OS. The number of nitrogens with one attached hydrogen (secondary N) is 2. The first-order chi connectivity index (χ1) is 12.0. The van der Waals surface area contributed by atoms with E-state index in [2.05, 4.69) is 62.2 Å². The SMILES string of the molecule is C=CCOc1cccc(NC(=S)NC(c2ccccc2C)C(C)C)c1. The van der Waals surface area contributed by atoms with Gasteiger partial charge in [0.2, 0.25) is 0 Å². The van der Waals surface area contributed by atoms with Crippen LogP contribution in [0.4, 0.5) is 5.69 Å². The number of benzene rings is 2. The Morgan fingerprint density at radius 2 is 1.96 bits per heavy atom.